The van der Waals surface area contributed by atoms with Gasteiger partial charge in [-0.05, 0) is 25.8 Å². The summed E-state index contributed by atoms with van der Waals surface area (Å²) in [4.78, 5) is 13.3. The highest BCUT2D eigenvalue weighted by Crippen LogP contribution is 2.24. The Labute approximate surface area is 111 Å². The third-order valence-corrected chi connectivity index (χ3v) is 3.62. The number of carboxylic acid groups (broad SMARTS) is 1. The summed E-state index contributed by atoms with van der Waals surface area (Å²) in [5, 5.41) is 12.3. The third-order valence-electron chi connectivity index (χ3n) is 3.62. The molecule has 1 aliphatic rings. The van der Waals surface area contributed by atoms with E-state index >= 15 is 0 Å². The number of carbonyl (C=O) groups is 1. The Morgan fingerprint density at radius 1 is 1.33 bits per heavy atom. The Kier molecular flexibility index (Phi) is 6.65. The van der Waals surface area contributed by atoms with Crippen molar-refractivity contribution in [2.45, 2.75) is 58.0 Å². The van der Waals surface area contributed by atoms with Crippen LogP contribution in [0.2, 0.25) is 0 Å². The van der Waals surface area contributed by atoms with Gasteiger partial charge in [0.2, 0.25) is 0 Å². The van der Waals surface area contributed by atoms with Gasteiger partial charge in [0.1, 0.15) is 6.04 Å². The lowest BCUT2D eigenvalue weighted by Gasteiger charge is -2.29. The number of likely N-dealkylation sites (N-methyl/N-ethyl adjacent to an activating group) is 1. The van der Waals surface area contributed by atoms with Gasteiger partial charge in [0.25, 0.3) is 0 Å². The molecule has 4 nitrogen and oxygen atoms in total. The van der Waals surface area contributed by atoms with Crippen molar-refractivity contribution in [3.63, 3.8) is 0 Å². The van der Waals surface area contributed by atoms with Crippen molar-refractivity contribution in [2.75, 3.05) is 20.1 Å². The van der Waals surface area contributed by atoms with Gasteiger partial charge < -0.3 is 15.3 Å². The van der Waals surface area contributed by atoms with Gasteiger partial charge in [0.15, 0.2) is 0 Å². The SMILES string of the molecule is CC(C)NC(CN(C)CC1CCCCC1)C(=O)O. The number of nitrogens with one attached hydrogen (secondary N) is 1. The molecule has 0 radical (unpaired) electrons. The molecule has 106 valence electrons. The van der Waals surface area contributed by atoms with Gasteiger partial charge in [-0.1, -0.05) is 33.1 Å². The molecule has 0 heterocycles. The fourth-order valence-electron chi connectivity index (χ4n) is 2.80. The summed E-state index contributed by atoms with van der Waals surface area (Å²) in [5.41, 5.74) is 0. The van der Waals surface area contributed by atoms with E-state index < -0.39 is 12.0 Å². The van der Waals surface area contributed by atoms with Gasteiger partial charge in [0.05, 0.1) is 0 Å². The first-order valence-electron chi connectivity index (χ1n) is 7.16. The first-order chi connectivity index (χ1) is 8.49. The molecule has 1 unspecified atom stereocenters. The van der Waals surface area contributed by atoms with Crippen LogP contribution in [-0.4, -0.2) is 48.2 Å². The second-order valence-electron chi connectivity index (χ2n) is 5.94. The monoisotopic (exact) mass is 256 g/mol. The summed E-state index contributed by atoms with van der Waals surface area (Å²) in [6.07, 6.45) is 6.66. The molecule has 1 fully saturated rings. The van der Waals surface area contributed by atoms with Crippen molar-refractivity contribution in [2.24, 2.45) is 5.92 Å². The maximum atomic E-state index is 11.2. The Bertz CT molecular complexity index is 250. The van der Waals surface area contributed by atoms with E-state index in [-0.39, 0.29) is 6.04 Å². The third kappa shape index (κ3) is 5.83. The van der Waals surface area contributed by atoms with Crippen LogP contribution in [0.1, 0.15) is 46.0 Å². The smallest absolute Gasteiger partial charge is 0.322 e. The molecule has 1 atom stereocenters. The molecular formula is C14H28N2O2. The number of nitrogens with zero attached hydrogens (tertiary/aromatic N) is 1. The van der Waals surface area contributed by atoms with E-state index in [4.69, 9.17) is 0 Å². The van der Waals surface area contributed by atoms with Crippen LogP contribution < -0.4 is 5.32 Å². The molecule has 0 saturated heterocycles. The fraction of sp³-hybridized carbons (Fsp3) is 0.929. The quantitative estimate of drug-likeness (QED) is 0.731. The first-order valence-corrected chi connectivity index (χ1v) is 7.16. The maximum Gasteiger partial charge on any atom is 0.322 e. The zero-order valence-corrected chi connectivity index (χ0v) is 12.0. The summed E-state index contributed by atoms with van der Waals surface area (Å²) >= 11 is 0. The summed E-state index contributed by atoms with van der Waals surface area (Å²) in [6.45, 7) is 5.59. The second-order valence-corrected chi connectivity index (χ2v) is 5.94. The van der Waals surface area contributed by atoms with E-state index in [1.54, 1.807) is 0 Å². The topological polar surface area (TPSA) is 52.6 Å². The Balaban J connectivity index is 2.35. The van der Waals surface area contributed by atoms with Crippen molar-refractivity contribution in [1.82, 2.24) is 10.2 Å². The molecule has 18 heavy (non-hydrogen) atoms. The Morgan fingerprint density at radius 2 is 1.94 bits per heavy atom. The summed E-state index contributed by atoms with van der Waals surface area (Å²) in [7, 11) is 2.03. The molecule has 2 N–H and O–H groups in total. The molecule has 4 heteroatoms. The highest BCUT2D eigenvalue weighted by molar-refractivity contribution is 5.73. The van der Waals surface area contributed by atoms with Crippen LogP contribution in [-0.2, 0) is 4.79 Å². The molecule has 0 aromatic carbocycles. The van der Waals surface area contributed by atoms with Crippen molar-refractivity contribution in [3.8, 4) is 0 Å². The highest BCUT2D eigenvalue weighted by atomic mass is 16.4. The van der Waals surface area contributed by atoms with Crippen molar-refractivity contribution >= 4 is 5.97 Å². The van der Waals surface area contributed by atoms with Crippen LogP contribution in [0.5, 0.6) is 0 Å². The zero-order chi connectivity index (χ0) is 13.5. The average Bonchev–Trinajstić information content (AvgIpc) is 2.28. The van der Waals surface area contributed by atoms with Crippen molar-refractivity contribution < 1.29 is 9.90 Å². The number of aliphatic carboxylic acids is 1. The zero-order valence-electron chi connectivity index (χ0n) is 12.0. The molecule has 1 rings (SSSR count). The van der Waals surface area contributed by atoms with Crippen LogP contribution in [0.4, 0.5) is 0 Å². The molecule has 0 amide bonds. The number of rotatable bonds is 7. The number of hydrogen-bond acceptors (Lipinski definition) is 3. The molecule has 0 aromatic heterocycles. The molecule has 0 spiro atoms. The van der Waals surface area contributed by atoms with Crippen LogP contribution in [0.25, 0.3) is 0 Å². The van der Waals surface area contributed by atoms with Gasteiger partial charge in [-0.25, -0.2) is 0 Å². The lowest BCUT2D eigenvalue weighted by atomic mass is 9.89. The van der Waals surface area contributed by atoms with Crippen LogP contribution in [0.15, 0.2) is 0 Å². The fourth-order valence-corrected chi connectivity index (χ4v) is 2.80. The number of carboxylic acids is 1. The van der Waals surface area contributed by atoms with E-state index in [1.807, 2.05) is 20.9 Å². The first kappa shape index (κ1) is 15.4. The Hall–Kier alpha value is -0.610. The van der Waals surface area contributed by atoms with E-state index in [2.05, 4.69) is 10.2 Å². The average molecular weight is 256 g/mol. The summed E-state index contributed by atoms with van der Waals surface area (Å²) in [6, 6.07) is -0.257. The predicted octanol–water partition coefficient (Wildman–Crippen LogP) is 1.95. The summed E-state index contributed by atoms with van der Waals surface area (Å²) in [5.74, 6) is 0.0106. The maximum absolute atomic E-state index is 11.2. The summed E-state index contributed by atoms with van der Waals surface area (Å²) < 4.78 is 0. The molecule has 0 aromatic rings. The number of hydrogen-bond donors (Lipinski definition) is 2. The normalized spacial score (nSPS) is 19.4. The van der Waals surface area contributed by atoms with Gasteiger partial charge in [-0.3, -0.25) is 4.79 Å². The van der Waals surface area contributed by atoms with Crippen LogP contribution in [0.3, 0.4) is 0 Å². The lowest BCUT2D eigenvalue weighted by Crippen LogP contribution is -2.48. The minimum Gasteiger partial charge on any atom is -0.480 e. The predicted molar refractivity (Wildman–Crippen MR) is 73.8 cm³/mol. The highest BCUT2D eigenvalue weighted by Gasteiger charge is 2.22. The molecule has 1 aliphatic carbocycles. The van der Waals surface area contributed by atoms with Gasteiger partial charge in [0, 0.05) is 19.1 Å². The minimum absolute atomic E-state index is 0.203. The Morgan fingerprint density at radius 3 is 2.44 bits per heavy atom. The van der Waals surface area contributed by atoms with E-state index in [9.17, 15) is 9.90 Å². The molecule has 0 aliphatic heterocycles. The largest absolute Gasteiger partial charge is 0.480 e. The molecular weight excluding hydrogens is 228 g/mol. The van der Waals surface area contributed by atoms with Crippen LogP contribution in [0, 0.1) is 5.92 Å². The van der Waals surface area contributed by atoms with E-state index in [0.29, 0.717) is 6.54 Å². The second kappa shape index (κ2) is 7.74. The standard InChI is InChI=1S/C14H28N2O2/c1-11(2)15-13(14(17)18)10-16(3)9-12-7-5-4-6-8-12/h11-13,15H,4-10H2,1-3H3,(H,17,18). The molecule has 1 saturated carbocycles. The molecule has 0 bridgehead atoms. The van der Waals surface area contributed by atoms with Gasteiger partial charge in [-0.2, -0.15) is 0 Å². The minimum atomic E-state index is -0.751. The van der Waals surface area contributed by atoms with Gasteiger partial charge >= 0.3 is 5.97 Å². The van der Waals surface area contributed by atoms with Crippen LogP contribution >= 0.6 is 0 Å². The van der Waals surface area contributed by atoms with Crippen molar-refractivity contribution in [3.05, 3.63) is 0 Å². The van der Waals surface area contributed by atoms with Crippen molar-refractivity contribution in [1.29, 1.82) is 0 Å². The van der Waals surface area contributed by atoms with Gasteiger partial charge in [-0.15, -0.1) is 0 Å². The van der Waals surface area contributed by atoms with E-state index in [1.165, 1.54) is 32.1 Å². The van der Waals surface area contributed by atoms with E-state index in [0.717, 1.165) is 12.5 Å². The lowest BCUT2D eigenvalue weighted by molar-refractivity contribution is -0.140.